The number of likely N-dealkylation sites (N-methyl/N-ethyl adjacent to an activating group) is 1. The quantitative estimate of drug-likeness (QED) is 0.784. The normalized spacial score (nSPS) is 12.7. The van der Waals surface area contributed by atoms with Gasteiger partial charge in [-0.05, 0) is 37.6 Å². The molecule has 0 saturated carbocycles. The number of rotatable bonds is 6. The monoisotopic (exact) mass is 397 g/mol. The fraction of sp³-hybridized carbons (Fsp3) is 0.389. The molecule has 0 aliphatic heterocycles. The van der Waals surface area contributed by atoms with Gasteiger partial charge >= 0.3 is 0 Å². The number of amides is 1. The van der Waals surface area contributed by atoms with Gasteiger partial charge in [-0.1, -0.05) is 23.2 Å². The Morgan fingerprint density at radius 2 is 1.92 bits per heavy atom. The van der Waals surface area contributed by atoms with Gasteiger partial charge in [0, 0.05) is 42.3 Å². The van der Waals surface area contributed by atoms with E-state index in [1.54, 1.807) is 39.1 Å². The molecule has 0 bridgehead atoms. The number of H-pyrrole nitrogens is 1. The lowest BCUT2D eigenvalue weighted by Gasteiger charge is -2.33. The molecule has 6 nitrogen and oxygen atoms in total. The second kappa shape index (κ2) is 8.20. The summed E-state index contributed by atoms with van der Waals surface area (Å²) in [5.74, 6) is 0.247. The van der Waals surface area contributed by atoms with E-state index in [2.05, 4.69) is 9.97 Å². The van der Waals surface area contributed by atoms with Crippen molar-refractivity contribution in [2.45, 2.75) is 26.4 Å². The molecule has 0 fully saturated rings. The number of benzene rings is 1. The molecule has 140 valence electrons. The smallest absolute Gasteiger partial charge is 0.250 e. The summed E-state index contributed by atoms with van der Waals surface area (Å²) in [6, 6.07) is 6.07. The number of aliphatic hydroxyl groups is 1. The summed E-state index contributed by atoms with van der Waals surface area (Å²) < 4.78 is 0. The van der Waals surface area contributed by atoms with E-state index in [4.69, 9.17) is 23.2 Å². The Kier molecular flexibility index (Phi) is 6.44. The predicted molar refractivity (Wildman–Crippen MR) is 101 cm³/mol. The molecular weight excluding hydrogens is 377 g/mol. The number of aromatic amines is 1. The second-order valence-electron chi connectivity index (χ2n) is 6.68. The fourth-order valence-electron chi connectivity index (χ4n) is 2.67. The Hall–Kier alpha value is -1.89. The van der Waals surface area contributed by atoms with Crippen LogP contribution in [0.2, 0.25) is 10.0 Å². The van der Waals surface area contributed by atoms with Crippen LogP contribution in [0.3, 0.4) is 0 Å². The first kappa shape index (κ1) is 20.4. The third kappa shape index (κ3) is 4.84. The Balaban J connectivity index is 2.10. The topological polar surface area (TPSA) is 86.3 Å². The number of halogens is 2. The maximum Gasteiger partial charge on any atom is 0.250 e. The van der Waals surface area contributed by atoms with Crippen LogP contribution in [0.25, 0.3) is 0 Å². The lowest BCUT2D eigenvalue weighted by Crippen LogP contribution is -2.43. The van der Waals surface area contributed by atoms with Crippen LogP contribution < -0.4 is 5.56 Å². The highest BCUT2D eigenvalue weighted by molar-refractivity contribution is 6.34. The van der Waals surface area contributed by atoms with E-state index in [0.29, 0.717) is 34.4 Å². The zero-order valence-electron chi connectivity index (χ0n) is 14.8. The first-order valence-corrected chi connectivity index (χ1v) is 8.80. The molecule has 2 N–H and O–H groups in total. The largest absolute Gasteiger partial charge is 0.387 e. The van der Waals surface area contributed by atoms with Crippen molar-refractivity contribution in [3.63, 3.8) is 0 Å². The molecule has 2 aromatic rings. The number of aliphatic hydroxyl groups excluding tert-OH is 1. The SMILES string of the molecule is CN(CCc1nccc(=O)[nH]1)C(=O)C(C)(C)C(O)c1cc(Cl)cc(Cl)c1. The van der Waals surface area contributed by atoms with E-state index in [1.807, 2.05) is 0 Å². The van der Waals surface area contributed by atoms with Crippen LogP contribution >= 0.6 is 23.2 Å². The zero-order chi connectivity index (χ0) is 19.5. The second-order valence-corrected chi connectivity index (χ2v) is 7.56. The van der Waals surface area contributed by atoms with Gasteiger partial charge in [0.2, 0.25) is 5.91 Å². The van der Waals surface area contributed by atoms with Crippen molar-refractivity contribution in [2.75, 3.05) is 13.6 Å². The van der Waals surface area contributed by atoms with Crippen molar-refractivity contribution in [3.8, 4) is 0 Å². The lowest BCUT2D eigenvalue weighted by atomic mass is 9.81. The fourth-order valence-corrected chi connectivity index (χ4v) is 3.21. The van der Waals surface area contributed by atoms with Crippen molar-refractivity contribution >= 4 is 29.1 Å². The van der Waals surface area contributed by atoms with Crippen LogP contribution in [0.5, 0.6) is 0 Å². The molecular formula is C18H21Cl2N3O3. The standard InChI is InChI=1S/C18H21Cl2N3O3/c1-18(2,16(25)11-8-12(19)10-13(20)9-11)17(26)23(3)7-5-14-21-6-4-15(24)22-14/h4,6,8-10,16,25H,5,7H2,1-3H3,(H,21,22,24). The summed E-state index contributed by atoms with van der Waals surface area (Å²) in [5.41, 5.74) is -0.860. The van der Waals surface area contributed by atoms with Gasteiger partial charge in [0.1, 0.15) is 5.82 Å². The lowest BCUT2D eigenvalue weighted by molar-refractivity contribution is -0.145. The van der Waals surface area contributed by atoms with Crippen molar-refractivity contribution in [1.82, 2.24) is 14.9 Å². The zero-order valence-corrected chi connectivity index (χ0v) is 16.3. The van der Waals surface area contributed by atoms with Crippen LogP contribution in [-0.2, 0) is 11.2 Å². The molecule has 1 aromatic carbocycles. The van der Waals surface area contributed by atoms with E-state index in [1.165, 1.54) is 17.2 Å². The summed E-state index contributed by atoms with van der Waals surface area (Å²) in [7, 11) is 1.64. The minimum Gasteiger partial charge on any atom is -0.387 e. The first-order valence-electron chi connectivity index (χ1n) is 8.05. The maximum absolute atomic E-state index is 12.8. The minimum atomic E-state index is -1.10. The van der Waals surface area contributed by atoms with Gasteiger partial charge in [-0.25, -0.2) is 4.98 Å². The predicted octanol–water partition coefficient (Wildman–Crippen LogP) is 2.84. The number of carbonyl (C=O) groups is 1. The Morgan fingerprint density at radius 3 is 2.50 bits per heavy atom. The van der Waals surface area contributed by atoms with E-state index >= 15 is 0 Å². The van der Waals surface area contributed by atoms with E-state index < -0.39 is 11.5 Å². The molecule has 0 saturated heterocycles. The van der Waals surface area contributed by atoms with Crippen LogP contribution in [0.1, 0.15) is 31.3 Å². The number of nitrogens with one attached hydrogen (secondary N) is 1. The number of nitrogens with zero attached hydrogens (tertiary/aromatic N) is 2. The summed E-state index contributed by atoms with van der Waals surface area (Å²) in [6.07, 6.45) is 0.739. The number of aromatic nitrogens is 2. The molecule has 1 atom stereocenters. The molecule has 2 rings (SSSR count). The Morgan fingerprint density at radius 1 is 1.31 bits per heavy atom. The minimum absolute atomic E-state index is 0.238. The van der Waals surface area contributed by atoms with Crippen LogP contribution in [0.4, 0.5) is 0 Å². The van der Waals surface area contributed by atoms with Crippen LogP contribution in [-0.4, -0.2) is 39.5 Å². The van der Waals surface area contributed by atoms with Crippen molar-refractivity contribution in [3.05, 3.63) is 62.2 Å². The molecule has 0 spiro atoms. The van der Waals surface area contributed by atoms with Gasteiger partial charge in [-0.15, -0.1) is 0 Å². The van der Waals surface area contributed by atoms with Crippen molar-refractivity contribution in [1.29, 1.82) is 0 Å². The van der Waals surface area contributed by atoms with Gasteiger partial charge in [0.25, 0.3) is 5.56 Å². The number of hydrogen-bond acceptors (Lipinski definition) is 4. The van der Waals surface area contributed by atoms with Crippen molar-refractivity contribution < 1.29 is 9.90 Å². The highest BCUT2D eigenvalue weighted by Crippen LogP contribution is 2.37. The molecule has 0 aliphatic carbocycles. The van der Waals surface area contributed by atoms with E-state index in [9.17, 15) is 14.7 Å². The molecule has 0 radical (unpaired) electrons. The van der Waals surface area contributed by atoms with Crippen molar-refractivity contribution in [2.24, 2.45) is 5.41 Å². The third-order valence-electron chi connectivity index (χ3n) is 4.19. The average molecular weight is 398 g/mol. The first-order chi connectivity index (χ1) is 12.1. The van der Waals surface area contributed by atoms with Crippen LogP contribution in [0.15, 0.2) is 35.3 Å². The molecule has 1 aromatic heterocycles. The van der Waals surface area contributed by atoms with E-state index in [-0.39, 0.29) is 11.5 Å². The van der Waals surface area contributed by atoms with Gasteiger partial charge in [0.15, 0.2) is 0 Å². The van der Waals surface area contributed by atoms with E-state index in [0.717, 1.165) is 0 Å². The van der Waals surface area contributed by atoms with Gasteiger partial charge in [0.05, 0.1) is 11.5 Å². The average Bonchev–Trinajstić information content (AvgIpc) is 2.57. The molecule has 26 heavy (non-hydrogen) atoms. The number of carbonyl (C=O) groups excluding carboxylic acids is 1. The molecule has 0 aliphatic rings. The Bertz CT molecular complexity index is 831. The molecule has 1 amide bonds. The summed E-state index contributed by atoms with van der Waals surface area (Å²) in [5, 5.41) is 11.5. The molecule has 1 heterocycles. The Labute approximate surface area is 161 Å². The highest BCUT2D eigenvalue weighted by Gasteiger charge is 2.38. The van der Waals surface area contributed by atoms with Gasteiger partial charge in [-0.2, -0.15) is 0 Å². The third-order valence-corrected chi connectivity index (χ3v) is 4.63. The van der Waals surface area contributed by atoms with Gasteiger partial charge < -0.3 is 15.0 Å². The van der Waals surface area contributed by atoms with Gasteiger partial charge in [-0.3, -0.25) is 9.59 Å². The summed E-state index contributed by atoms with van der Waals surface area (Å²) in [6.45, 7) is 3.67. The number of hydrogen-bond donors (Lipinski definition) is 2. The molecule has 1 unspecified atom stereocenters. The highest BCUT2D eigenvalue weighted by atomic mass is 35.5. The molecule has 8 heteroatoms. The summed E-state index contributed by atoms with van der Waals surface area (Å²) >= 11 is 12.0. The summed E-state index contributed by atoms with van der Waals surface area (Å²) in [4.78, 5) is 32.3. The van der Waals surface area contributed by atoms with Crippen LogP contribution in [0, 0.1) is 5.41 Å². The maximum atomic E-state index is 12.8.